The second kappa shape index (κ2) is 9.96. The number of furan rings is 1. The van der Waals surface area contributed by atoms with Gasteiger partial charge in [-0.25, -0.2) is 4.39 Å². The summed E-state index contributed by atoms with van der Waals surface area (Å²) in [5.41, 5.74) is 7.52. The molecule has 1 heterocycles. The highest BCUT2D eigenvalue weighted by Gasteiger charge is 2.18. The number of allylic oxidation sites excluding steroid dienone is 1. The van der Waals surface area contributed by atoms with Gasteiger partial charge in [-0.15, -0.1) is 0 Å². The molecule has 4 aromatic rings. The van der Waals surface area contributed by atoms with Crippen molar-refractivity contribution < 1.29 is 18.3 Å². The van der Waals surface area contributed by atoms with Gasteiger partial charge in [0.05, 0.1) is 13.4 Å². The third-order valence-corrected chi connectivity index (χ3v) is 6.01. The average molecular weight is 458 g/mol. The number of rotatable bonds is 7. The predicted molar refractivity (Wildman–Crippen MR) is 134 cm³/mol. The minimum atomic E-state index is -0.268. The number of hydrogen-bond donors (Lipinski definition) is 1. The van der Waals surface area contributed by atoms with Crippen LogP contribution in [0.25, 0.3) is 27.7 Å². The Morgan fingerprint density at radius 3 is 2.47 bits per heavy atom. The van der Waals surface area contributed by atoms with Crippen LogP contribution in [-0.2, 0) is 11.2 Å². The topological polar surface area (TPSA) is 51.5 Å². The van der Waals surface area contributed by atoms with E-state index in [0.717, 1.165) is 44.4 Å². The van der Waals surface area contributed by atoms with Crippen LogP contribution in [0.5, 0.6) is 5.75 Å². The highest BCUT2D eigenvalue weighted by atomic mass is 19.1. The van der Waals surface area contributed by atoms with Crippen LogP contribution in [0.4, 0.5) is 4.39 Å². The standard InChI is InChI=1S/C29H28FNO3/c1-18-5-9-22(10-6-18)26-17-34-29-20(3)28(33-4)24(16-25(26)29)19(2)15-27(32)31-14-13-21-7-11-23(30)12-8-21/h5-12,15-17H,13-14H2,1-4H3,(H,31,32)/b19-15+. The fourth-order valence-electron chi connectivity index (χ4n) is 4.13. The van der Waals surface area contributed by atoms with Crippen molar-refractivity contribution in [3.63, 3.8) is 0 Å². The third-order valence-electron chi connectivity index (χ3n) is 6.01. The minimum Gasteiger partial charge on any atom is -0.496 e. The van der Waals surface area contributed by atoms with Crippen molar-refractivity contribution in [3.8, 4) is 16.9 Å². The van der Waals surface area contributed by atoms with E-state index in [2.05, 4.69) is 36.5 Å². The van der Waals surface area contributed by atoms with Crippen LogP contribution in [0.3, 0.4) is 0 Å². The first-order valence-electron chi connectivity index (χ1n) is 11.2. The van der Waals surface area contributed by atoms with Gasteiger partial charge in [0.25, 0.3) is 0 Å². The zero-order chi connectivity index (χ0) is 24.2. The second-order valence-electron chi connectivity index (χ2n) is 8.47. The number of carbonyl (C=O) groups is 1. The Morgan fingerprint density at radius 1 is 1.09 bits per heavy atom. The molecule has 0 unspecified atom stereocenters. The molecule has 1 aromatic heterocycles. The van der Waals surface area contributed by atoms with Crippen LogP contribution in [-0.4, -0.2) is 19.6 Å². The quantitative estimate of drug-likeness (QED) is 0.317. The van der Waals surface area contributed by atoms with E-state index in [1.165, 1.54) is 17.7 Å². The van der Waals surface area contributed by atoms with Gasteiger partial charge < -0.3 is 14.5 Å². The molecule has 0 aliphatic heterocycles. The Hall–Kier alpha value is -3.86. The average Bonchev–Trinajstić information content (AvgIpc) is 3.25. The normalized spacial score (nSPS) is 11.6. The van der Waals surface area contributed by atoms with E-state index in [9.17, 15) is 9.18 Å². The number of carbonyl (C=O) groups excluding carboxylic acids is 1. The number of halogens is 1. The van der Waals surface area contributed by atoms with Gasteiger partial charge in [0.15, 0.2) is 0 Å². The molecule has 0 aliphatic rings. The van der Waals surface area contributed by atoms with Crippen LogP contribution < -0.4 is 10.1 Å². The van der Waals surface area contributed by atoms with E-state index in [0.29, 0.717) is 18.7 Å². The summed E-state index contributed by atoms with van der Waals surface area (Å²) in [7, 11) is 1.62. The van der Waals surface area contributed by atoms with Crippen molar-refractivity contribution >= 4 is 22.4 Å². The highest BCUT2D eigenvalue weighted by molar-refractivity contribution is 6.01. The Balaban J connectivity index is 1.60. The molecule has 1 amide bonds. The molecule has 0 fully saturated rings. The monoisotopic (exact) mass is 457 g/mol. The molecule has 3 aromatic carbocycles. The molecule has 4 rings (SSSR count). The lowest BCUT2D eigenvalue weighted by atomic mass is 9.96. The van der Waals surface area contributed by atoms with Gasteiger partial charge in [0.1, 0.15) is 17.1 Å². The first kappa shape index (κ1) is 23.3. The van der Waals surface area contributed by atoms with Crippen LogP contribution in [0.2, 0.25) is 0 Å². The number of benzene rings is 3. The summed E-state index contributed by atoms with van der Waals surface area (Å²) in [5.74, 6) is 0.228. The molecule has 174 valence electrons. The maximum absolute atomic E-state index is 13.1. The highest BCUT2D eigenvalue weighted by Crippen LogP contribution is 2.40. The number of aryl methyl sites for hydroxylation is 2. The summed E-state index contributed by atoms with van der Waals surface area (Å²) in [6.45, 7) is 6.38. The molecule has 0 radical (unpaired) electrons. The van der Waals surface area contributed by atoms with Crippen LogP contribution in [0.1, 0.15) is 29.2 Å². The molecule has 0 saturated heterocycles. The maximum Gasteiger partial charge on any atom is 0.244 e. The lowest BCUT2D eigenvalue weighted by Crippen LogP contribution is -2.23. The second-order valence-corrected chi connectivity index (χ2v) is 8.47. The zero-order valence-corrected chi connectivity index (χ0v) is 19.9. The SMILES string of the molecule is COc1c(/C(C)=C/C(=O)NCCc2ccc(F)cc2)cc2c(-c3ccc(C)cc3)coc2c1C. The number of fused-ring (bicyclic) bond motifs is 1. The fourth-order valence-corrected chi connectivity index (χ4v) is 4.13. The van der Waals surface area contributed by atoms with Crippen LogP contribution in [0, 0.1) is 19.7 Å². The molecule has 0 saturated carbocycles. The first-order chi connectivity index (χ1) is 16.4. The van der Waals surface area contributed by atoms with E-state index in [1.807, 2.05) is 19.9 Å². The Kier molecular flexibility index (Phi) is 6.82. The number of methoxy groups -OCH3 is 1. The van der Waals surface area contributed by atoms with E-state index in [1.54, 1.807) is 31.6 Å². The minimum absolute atomic E-state index is 0.189. The molecule has 4 nitrogen and oxygen atoms in total. The number of hydrogen-bond acceptors (Lipinski definition) is 3. The van der Waals surface area contributed by atoms with Gasteiger partial charge in [-0.2, -0.15) is 0 Å². The van der Waals surface area contributed by atoms with Gasteiger partial charge in [-0.3, -0.25) is 4.79 Å². The van der Waals surface area contributed by atoms with Gasteiger partial charge in [-0.05, 0) is 62.1 Å². The molecule has 34 heavy (non-hydrogen) atoms. The van der Waals surface area contributed by atoms with E-state index < -0.39 is 0 Å². The lowest BCUT2D eigenvalue weighted by molar-refractivity contribution is -0.116. The summed E-state index contributed by atoms with van der Waals surface area (Å²) in [6, 6.07) is 16.6. The van der Waals surface area contributed by atoms with Crippen molar-refractivity contribution in [2.24, 2.45) is 0 Å². The van der Waals surface area contributed by atoms with Gasteiger partial charge in [-0.1, -0.05) is 42.0 Å². The summed E-state index contributed by atoms with van der Waals surface area (Å²) < 4.78 is 24.7. The molecule has 0 aliphatic carbocycles. The van der Waals surface area contributed by atoms with Crippen molar-refractivity contribution in [1.29, 1.82) is 0 Å². The molecule has 0 atom stereocenters. The summed E-state index contributed by atoms with van der Waals surface area (Å²) in [5, 5.41) is 3.88. The number of ether oxygens (including phenoxy) is 1. The molecule has 5 heteroatoms. The van der Waals surface area contributed by atoms with Crippen molar-refractivity contribution in [2.75, 3.05) is 13.7 Å². The molecular weight excluding hydrogens is 429 g/mol. The smallest absolute Gasteiger partial charge is 0.244 e. The lowest BCUT2D eigenvalue weighted by Gasteiger charge is -2.13. The van der Waals surface area contributed by atoms with Crippen molar-refractivity contribution in [1.82, 2.24) is 5.32 Å². The van der Waals surface area contributed by atoms with E-state index in [4.69, 9.17) is 9.15 Å². The number of amides is 1. The van der Waals surface area contributed by atoms with Crippen LogP contribution in [0.15, 0.2) is 71.4 Å². The molecule has 0 bridgehead atoms. The van der Waals surface area contributed by atoms with Crippen LogP contribution >= 0.6 is 0 Å². The van der Waals surface area contributed by atoms with Gasteiger partial charge in [0, 0.05) is 34.7 Å². The van der Waals surface area contributed by atoms with Crippen molar-refractivity contribution in [2.45, 2.75) is 27.2 Å². The largest absolute Gasteiger partial charge is 0.496 e. The molecule has 0 spiro atoms. The van der Waals surface area contributed by atoms with Gasteiger partial charge in [0.2, 0.25) is 5.91 Å². The zero-order valence-electron chi connectivity index (χ0n) is 19.9. The molecular formula is C29H28FNO3. The first-order valence-corrected chi connectivity index (χ1v) is 11.2. The molecule has 1 N–H and O–H groups in total. The Labute approximate surface area is 199 Å². The Bertz CT molecular complexity index is 1350. The predicted octanol–water partition coefficient (Wildman–Crippen LogP) is 6.63. The fraction of sp³-hybridized carbons (Fsp3) is 0.207. The summed E-state index contributed by atoms with van der Waals surface area (Å²) >= 11 is 0. The van der Waals surface area contributed by atoms with Gasteiger partial charge >= 0.3 is 0 Å². The van der Waals surface area contributed by atoms with Crippen molar-refractivity contribution in [3.05, 3.63) is 95.0 Å². The van der Waals surface area contributed by atoms with E-state index in [-0.39, 0.29) is 11.7 Å². The third kappa shape index (κ3) is 4.88. The van der Waals surface area contributed by atoms with E-state index >= 15 is 0 Å². The maximum atomic E-state index is 13.1. The summed E-state index contributed by atoms with van der Waals surface area (Å²) in [4.78, 5) is 12.6. The summed E-state index contributed by atoms with van der Waals surface area (Å²) in [6.07, 6.45) is 3.98. The Morgan fingerprint density at radius 2 is 1.79 bits per heavy atom. The number of nitrogens with one attached hydrogen (secondary N) is 1.